The van der Waals surface area contributed by atoms with Crippen molar-refractivity contribution in [3.8, 4) is 0 Å². The number of carbonyl (C=O) groups excluding carboxylic acids is 1. The molecule has 0 fully saturated rings. The van der Waals surface area contributed by atoms with Gasteiger partial charge in [-0.25, -0.2) is 4.98 Å². The monoisotopic (exact) mass is 397 g/mol. The van der Waals surface area contributed by atoms with Crippen LogP contribution in [0.4, 0.5) is 0 Å². The Hall–Kier alpha value is -2.40. The van der Waals surface area contributed by atoms with Crippen LogP contribution in [0.1, 0.15) is 23.1 Å². The molecule has 0 aliphatic rings. The van der Waals surface area contributed by atoms with Gasteiger partial charge < -0.3 is 9.88 Å². The van der Waals surface area contributed by atoms with Gasteiger partial charge in [0.1, 0.15) is 0 Å². The molecular weight excluding hydrogens is 378 g/mol. The first-order valence-corrected chi connectivity index (χ1v) is 9.03. The van der Waals surface area contributed by atoms with Crippen molar-refractivity contribution in [2.45, 2.75) is 25.9 Å². The first-order valence-electron chi connectivity index (χ1n) is 8.24. The summed E-state index contributed by atoms with van der Waals surface area (Å²) >= 11 is 3.45. The van der Waals surface area contributed by atoms with Gasteiger partial charge in [-0.3, -0.25) is 4.79 Å². The molecule has 3 aromatic rings. The molecule has 0 radical (unpaired) electrons. The molecule has 1 amide bonds. The van der Waals surface area contributed by atoms with Crippen LogP contribution in [0.25, 0.3) is 0 Å². The number of carbonyl (C=O) groups is 1. The third kappa shape index (κ3) is 5.57. The average molecular weight is 398 g/mol. The highest BCUT2D eigenvalue weighted by atomic mass is 79.9. The number of nitrogens with zero attached hydrogens (tertiary/aromatic N) is 2. The number of halogens is 1. The predicted molar refractivity (Wildman–Crippen MR) is 102 cm³/mol. The highest BCUT2D eigenvalue weighted by Gasteiger charge is 2.03. The van der Waals surface area contributed by atoms with Gasteiger partial charge in [-0.05, 0) is 35.2 Å². The Morgan fingerprint density at radius 3 is 2.60 bits per heavy atom. The number of rotatable bonds is 7. The predicted octanol–water partition coefficient (Wildman–Crippen LogP) is 3.94. The molecule has 25 heavy (non-hydrogen) atoms. The zero-order valence-corrected chi connectivity index (χ0v) is 15.4. The van der Waals surface area contributed by atoms with E-state index in [0.717, 1.165) is 28.6 Å². The van der Waals surface area contributed by atoms with E-state index in [1.807, 2.05) is 35.0 Å². The van der Waals surface area contributed by atoms with Crippen LogP contribution in [0.15, 0.2) is 71.7 Å². The van der Waals surface area contributed by atoms with E-state index in [0.29, 0.717) is 13.0 Å². The summed E-state index contributed by atoms with van der Waals surface area (Å²) < 4.78 is 3.07. The first kappa shape index (κ1) is 17.4. The van der Waals surface area contributed by atoms with E-state index in [1.54, 1.807) is 12.5 Å². The van der Waals surface area contributed by atoms with Crippen LogP contribution in [-0.4, -0.2) is 15.5 Å². The maximum Gasteiger partial charge on any atom is 0.220 e. The number of benzene rings is 2. The highest BCUT2D eigenvalue weighted by Crippen LogP contribution is 2.13. The largest absolute Gasteiger partial charge is 0.352 e. The second-order valence-electron chi connectivity index (χ2n) is 5.96. The molecule has 0 bridgehead atoms. The number of nitrogens with one attached hydrogen (secondary N) is 1. The minimum Gasteiger partial charge on any atom is -0.352 e. The van der Waals surface area contributed by atoms with E-state index in [9.17, 15) is 4.79 Å². The van der Waals surface area contributed by atoms with Gasteiger partial charge >= 0.3 is 0 Å². The van der Waals surface area contributed by atoms with E-state index in [2.05, 4.69) is 50.5 Å². The molecule has 0 unspecified atom stereocenters. The van der Waals surface area contributed by atoms with Gasteiger partial charge in [0.2, 0.25) is 5.91 Å². The summed E-state index contributed by atoms with van der Waals surface area (Å²) in [4.78, 5) is 16.1. The van der Waals surface area contributed by atoms with E-state index in [1.165, 1.54) is 5.56 Å². The standard InChI is InChI=1S/C20H20BrN3O/c21-19-3-1-2-16(12-19)8-9-20(25)23-13-17-4-6-18(7-5-17)14-24-11-10-22-15-24/h1-7,10-12,15H,8-9,13-14H2,(H,23,25). The second-order valence-corrected chi connectivity index (χ2v) is 6.87. The maximum atomic E-state index is 12.0. The quantitative estimate of drug-likeness (QED) is 0.655. The Labute approximate surface area is 156 Å². The lowest BCUT2D eigenvalue weighted by Crippen LogP contribution is -2.23. The number of aryl methyl sites for hydroxylation is 1. The summed E-state index contributed by atoms with van der Waals surface area (Å²) in [6.45, 7) is 1.36. The summed E-state index contributed by atoms with van der Waals surface area (Å²) in [5.74, 6) is 0.0717. The number of aromatic nitrogens is 2. The topological polar surface area (TPSA) is 46.9 Å². The molecule has 4 nitrogen and oxygen atoms in total. The molecule has 5 heteroatoms. The van der Waals surface area contributed by atoms with Gasteiger partial charge in [-0.2, -0.15) is 0 Å². The molecule has 1 aromatic heterocycles. The maximum absolute atomic E-state index is 12.0. The summed E-state index contributed by atoms with van der Waals surface area (Å²) in [5, 5.41) is 2.98. The Morgan fingerprint density at radius 1 is 1.08 bits per heavy atom. The van der Waals surface area contributed by atoms with Crippen molar-refractivity contribution in [3.63, 3.8) is 0 Å². The van der Waals surface area contributed by atoms with Gasteiger partial charge in [-0.15, -0.1) is 0 Å². The van der Waals surface area contributed by atoms with Crippen LogP contribution in [0.5, 0.6) is 0 Å². The van der Waals surface area contributed by atoms with Gasteiger partial charge in [0.05, 0.1) is 6.33 Å². The third-order valence-corrected chi connectivity index (χ3v) is 4.46. The number of hydrogen-bond donors (Lipinski definition) is 1. The molecule has 0 saturated heterocycles. The molecule has 0 spiro atoms. The summed E-state index contributed by atoms with van der Waals surface area (Å²) in [6, 6.07) is 16.3. The van der Waals surface area contributed by atoms with E-state index in [-0.39, 0.29) is 5.91 Å². The third-order valence-electron chi connectivity index (χ3n) is 3.97. The summed E-state index contributed by atoms with van der Waals surface area (Å²) in [5.41, 5.74) is 3.47. The lowest BCUT2D eigenvalue weighted by atomic mass is 10.1. The molecule has 0 aliphatic heterocycles. The minimum atomic E-state index is 0.0717. The SMILES string of the molecule is O=C(CCc1cccc(Br)c1)NCc1ccc(Cn2ccnc2)cc1. The van der Waals surface area contributed by atoms with Gasteiger partial charge in [-0.1, -0.05) is 52.3 Å². The minimum absolute atomic E-state index is 0.0717. The van der Waals surface area contributed by atoms with Crippen LogP contribution >= 0.6 is 15.9 Å². The molecular formula is C20H20BrN3O. The highest BCUT2D eigenvalue weighted by molar-refractivity contribution is 9.10. The van der Waals surface area contributed by atoms with Crippen molar-refractivity contribution in [1.29, 1.82) is 0 Å². The smallest absolute Gasteiger partial charge is 0.220 e. The van der Waals surface area contributed by atoms with Crippen LogP contribution in [0.2, 0.25) is 0 Å². The van der Waals surface area contributed by atoms with Crippen LogP contribution in [-0.2, 0) is 24.3 Å². The Kier molecular flexibility index (Phi) is 6.01. The fourth-order valence-corrected chi connectivity index (χ4v) is 3.04. The number of imidazole rings is 1. The Balaban J connectivity index is 1.44. The Bertz CT molecular complexity index is 813. The molecule has 2 aromatic carbocycles. The lowest BCUT2D eigenvalue weighted by molar-refractivity contribution is -0.121. The van der Waals surface area contributed by atoms with Crippen molar-refractivity contribution in [2.75, 3.05) is 0 Å². The fourth-order valence-electron chi connectivity index (χ4n) is 2.59. The van der Waals surface area contributed by atoms with Gasteiger partial charge in [0, 0.05) is 36.4 Å². The van der Waals surface area contributed by atoms with E-state index < -0.39 is 0 Å². The van der Waals surface area contributed by atoms with Crippen LogP contribution < -0.4 is 5.32 Å². The molecule has 0 saturated carbocycles. The zero-order valence-electron chi connectivity index (χ0n) is 13.9. The van der Waals surface area contributed by atoms with Crippen LogP contribution in [0.3, 0.4) is 0 Å². The molecule has 0 aliphatic carbocycles. The van der Waals surface area contributed by atoms with E-state index >= 15 is 0 Å². The van der Waals surface area contributed by atoms with Crippen molar-refractivity contribution >= 4 is 21.8 Å². The number of hydrogen-bond acceptors (Lipinski definition) is 2. The number of amides is 1. The lowest BCUT2D eigenvalue weighted by Gasteiger charge is -2.07. The van der Waals surface area contributed by atoms with Crippen molar-refractivity contribution in [2.24, 2.45) is 0 Å². The molecule has 1 N–H and O–H groups in total. The summed E-state index contributed by atoms with van der Waals surface area (Å²) in [6.07, 6.45) is 6.77. The fraction of sp³-hybridized carbons (Fsp3) is 0.200. The van der Waals surface area contributed by atoms with Crippen LogP contribution in [0, 0.1) is 0 Å². The molecule has 128 valence electrons. The first-order chi connectivity index (χ1) is 12.2. The Morgan fingerprint density at radius 2 is 1.88 bits per heavy atom. The zero-order chi connectivity index (χ0) is 17.5. The average Bonchev–Trinajstić information content (AvgIpc) is 3.12. The van der Waals surface area contributed by atoms with Gasteiger partial charge in [0.25, 0.3) is 0 Å². The molecule has 0 atom stereocenters. The van der Waals surface area contributed by atoms with Crippen molar-refractivity contribution in [1.82, 2.24) is 14.9 Å². The molecule has 3 rings (SSSR count). The van der Waals surface area contributed by atoms with Gasteiger partial charge in [0.15, 0.2) is 0 Å². The van der Waals surface area contributed by atoms with E-state index in [4.69, 9.17) is 0 Å². The molecule has 1 heterocycles. The second kappa shape index (κ2) is 8.62. The summed E-state index contributed by atoms with van der Waals surface area (Å²) in [7, 11) is 0. The van der Waals surface area contributed by atoms with Crippen molar-refractivity contribution in [3.05, 3.63) is 88.4 Å². The normalized spacial score (nSPS) is 10.6. The van der Waals surface area contributed by atoms with Crippen molar-refractivity contribution < 1.29 is 4.79 Å².